The van der Waals surface area contributed by atoms with Crippen molar-refractivity contribution in [1.82, 2.24) is 34.1 Å². The Labute approximate surface area is 297 Å². The van der Waals surface area contributed by atoms with Crippen LogP contribution in [0, 0.1) is 13.8 Å². The predicted octanol–water partition coefficient (Wildman–Crippen LogP) is 6.10. The Balaban J connectivity index is 1.06. The first-order valence-corrected chi connectivity index (χ1v) is 18.7. The Morgan fingerprint density at radius 3 is 2.40 bits per heavy atom. The zero-order valence-corrected chi connectivity index (χ0v) is 31.1. The summed E-state index contributed by atoms with van der Waals surface area (Å²) in [5.41, 5.74) is 5.23. The SMILES string of the molecule is CCc1nc(NC2CCN(Cc3ccc4c(cc(C)n4C[C@H](C)N4CCN(CC(=O)N(C)C)CC4)c3C)CC2)c2cc(CC(F)(F)F)sc2n1. The number of benzene rings is 1. The van der Waals surface area contributed by atoms with Crippen molar-refractivity contribution < 1.29 is 18.0 Å². The van der Waals surface area contributed by atoms with Gasteiger partial charge in [0.25, 0.3) is 0 Å². The second-order valence-corrected chi connectivity index (χ2v) is 15.5. The molecule has 0 spiro atoms. The fraction of sp³-hybridized carbons (Fsp3) is 0.595. The van der Waals surface area contributed by atoms with E-state index in [2.05, 4.69) is 68.5 Å². The first-order valence-electron chi connectivity index (χ1n) is 17.9. The van der Waals surface area contributed by atoms with Gasteiger partial charge in [0, 0.05) is 106 Å². The van der Waals surface area contributed by atoms with Crippen LogP contribution in [0.5, 0.6) is 0 Å². The topological polar surface area (TPSA) is 72.8 Å². The van der Waals surface area contributed by atoms with Crippen molar-refractivity contribution in [3.05, 3.63) is 51.8 Å². The summed E-state index contributed by atoms with van der Waals surface area (Å²) in [4.78, 5) is 31.2. The van der Waals surface area contributed by atoms with Crippen LogP contribution in [0.3, 0.4) is 0 Å². The average molecular weight is 713 g/mol. The van der Waals surface area contributed by atoms with E-state index in [4.69, 9.17) is 4.98 Å². The molecular weight excluding hydrogens is 662 g/mol. The molecule has 2 aliphatic rings. The monoisotopic (exact) mass is 712 g/mol. The van der Waals surface area contributed by atoms with E-state index in [0.29, 0.717) is 40.9 Å². The highest BCUT2D eigenvalue weighted by atomic mass is 32.1. The van der Waals surface area contributed by atoms with E-state index in [0.717, 1.165) is 76.5 Å². The number of carbonyl (C=O) groups excluding carboxylic acids is 1. The number of nitrogens with one attached hydrogen (secondary N) is 1. The quantitative estimate of drug-likeness (QED) is 0.202. The maximum absolute atomic E-state index is 13.1. The van der Waals surface area contributed by atoms with Gasteiger partial charge in [0.15, 0.2) is 0 Å². The van der Waals surface area contributed by atoms with E-state index in [1.54, 1.807) is 11.0 Å². The molecule has 4 aromatic rings. The molecule has 272 valence electrons. The number of halogens is 3. The molecule has 0 radical (unpaired) electrons. The number of piperidine rings is 1. The Kier molecular flexibility index (Phi) is 11.1. The maximum atomic E-state index is 13.1. The van der Waals surface area contributed by atoms with Gasteiger partial charge in [-0.1, -0.05) is 13.0 Å². The lowest BCUT2D eigenvalue weighted by atomic mass is 10.0. The van der Waals surface area contributed by atoms with Crippen LogP contribution in [0.15, 0.2) is 24.3 Å². The summed E-state index contributed by atoms with van der Waals surface area (Å²) >= 11 is 1.11. The minimum Gasteiger partial charge on any atom is -0.367 e. The molecule has 50 heavy (non-hydrogen) atoms. The number of piperazine rings is 1. The molecule has 5 heterocycles. The standard InChI is InChI=1S/C37H51F3N8OS/c1-7-33-42-35(31-19-29(20-37(38,39)40)50-36(31)43-33)41-28-10-12-45(13-11-28)22-27-8-9-32-30(26(27)4)18-24(2)48(32)21-25(3)47-16-14-46(15-17-47)23-34(49)44(5)6/h8-9,18-19,25,28H,7,10-17,20-23H2,1-6H3,(H,41,42,43)/t25-/m0/s1. The fourth-order valence-electron chi connectivity index (χ4n) is 7.38. The number of anilines is 1. The fourth-order valence-corrected chi connectivity index (χ4v) is 8.46. The Bertz CT molecular complexity index is 1800. The highest BCUT2D eigenvalue weighted by Gasteiger charge is 2.30. The van der Waals surface area contributed by atoms with Crippen LogP contribution in [0.4, 0.5) is 19.0 Å². The number of likely N-dealkylation sites (tertiary alicyclic amines) is 1. The lowest BCUT2D eigenvalue weighted by molar-refractivity contribution is -0.130. The van der Waals surface area contributed by atoms with E-state index >= 15 is 0 Å². The van der Waals surface area contributed by atoms with Crippen molar-refractivity contribution >= 4 is 44.2 Å². The van der Waals surface area contributed by atoms with Gasteiger partial charge in [-0.05, 0) is 62.9 Å². The number of hydrogen-bond donors (Lipinski definition) is 1. The van der Waals surface area contributed by atoms with Gasteiger partial charge in [0.05, 0.1) is 18.4 Å². The molecule has 1 amide bonds. The molecular formula is C37H51F3N8OS. The molecule has 0 aliphatic carbocycles. The number of nitrogens with zero attached hydrogens (tertiary/aromatic N) is 7. The Hall–Kier alpha value is -3.26. The number of carbonyl (C=O) groups is 1. The molecule has 2 fully saturated rings. The van der Waals surface area contributed by atoms with Gasteiger partial charge in [-0.25, -0.2) is 9.97 Å². The highest BCUT2D eigenvalue weighted by Crippen LogP contribution is 2.34. The molecule has 1 atom stereocenters. The molecule has 0 unspecified atom stereocenters. The molecule has 6 rings (SSSR count). The molecule has 0 saturated carbocycles. The van der Waals surface area contributed by atoms with Crippen LogP contribution in [0.2, 0.25) is 0 Å². The van der Waals surface area contributed by atoms with Gasteiger partial charge in [-0.15, -0.1) is 11.3 Å². The van der Waals surface area contributed by atoms with E-state index in [-0.39, 0.29) is 16.8 Å². The summed E-state index contributed by atoms with van der Waals surface area (Å²) < 4.78 is 41.8. The second-order valence-electron chi connectivity index (χ2n) is 14.4. The third-order valence-electron chi connectivity index (χ3n) is 10.5. The first kappa shape index (κ1) is 36.5. The van der Waals surface area contributed by atoms with Gasteiger partial charge in [-0.2, -0.15) is 13.2 Å². The van der Waals surface area contributed by atoms with Gasteiger partial charge in [-0.3, -0.25) is 19.5 Å². The summed E-state index contributed by atoms with van der Waals surface area (Å²) in [6, 6.07) is 9.11. The van der Waals surface area contributed by atoms with Gasteiger partial charge in [0.2, 0.25) is 5.91 Å². The smallest absolute Gasteiger partial charge is 0.367 e. The molecule has 13 heteroatoms. The minimum absolute atomic E-state index is 0.160. The number of thiophene rings is 1. The molecule has 1 N–H and O–H groups in total. The zero-order chi connectivity index (χ0) is 35.7. The third-order valence-corrected chi connectivity index (χ3v) is 11.5. The summed E-state index contributed by atoms with van der Waals surface area (Å²) in [6.45, 7) is 16.7. The second kappa shape index (κ2) is 15.1. The number of likely N-dealkylation sites (N-methyl/N-ethyl adjacent to an activating group) is 1. The normalized spacial score (nSPS) is 17.9. The van der Waals surface area contributed by atoms with E-state index in [9.17, 15) is 18.0 Å². The zero-order valence-electron chi connectivity index (χ0n) is 30.2. The summed E-state index contributed by atoms with van der Waals surface area (Å²) in [5.74, 6) is 1.46. The van der Waals surface area contributed by atoms with Gasteiger partial charge < -0.3 is 14.8 Å². The van der Waals surface area contributed by atoms with Crippen molar-refractivity contribution in [2.24, 2.45) is 0 Å². The largest absolute Gasteiger partial charge is 0.393 e. The number of hydrogen-bond acceptors (Lipinski definition) is 8. The van der Waals surface area contributed by atoms with Crippen LogP contribution in [-0.2, 0) is 30.7 Å². The lowest BCUT2D eigenvalue weighted by Crippen LogP contribution is -2.52. The van der Waals surface area contributed by atoms with Gasteiger partial charge >= 0.3 is 6.18 Å². The lowest BCUT2D eigenvalue weighted by Gasteiger charge is -2.38. The number of alkyl halides is 3. The van der Waals surface area contributed by atoms with Crippen molar-refractivity contribution in [1.29, 1.82) is 0 Å². The average Bonchev–Trinajstić information content (AvgIpc) is 3.62. The number of amides is 1. The predicted molar refractivity (Wildman–Crippen MR) is 196 cm³/mol. The van der Waals surface area contributed by atoms with Crippen LogP contribution in [0.25, 0.3) is 21.1 Å². The molecule has 1 aromatic carbocycles. The number of rotatable bonds is 11. The first-order chi connectivity index (χ1) is 23.8. The van der Waals surface area contributed by atoms with Crippen molar-refractivity contribution in [3.8, 4) is 0 Å². The van der Waals surface area contributed by atoms with Crippen LogP contribution in [-0.4, -0.2) is 118 Å². The van der Waals surface area contributed by atoms with Crippen LogP contribution < -0.4 is 5.32 Å². The maximum Gasteiger partial charge on any atom is 0.393 e. The molecule has 3 aromatic heterocycles. The Morgan fingerprint density at radius 1 is 1.02 bits per heavy atom. The molecule has 2 aliphatic heterocycles. The minimum atomic E-state index is -4.25. The highest BCUT2D eigenvalue weighted by molar-refractivity contribution is 7.18. The molecule has 0 bridgehead atoms. The van der Waals surface area contributed by atoms with E-state index in [1.807, 2.05) is 21.0 Å². The van der Waals surface area contributed by atoms with Crippen LogP contribution in [0.1, 0.15) is 54.2 Å². The number of aromatic nitrogens is 3. The summed E-state index contributed by atoms with van der Waals surface area (Å²) in [6.07, 6.45) is -2.70. The number of aryl methyl sites for hydroxylation is 3. The molecule has 2 saturated heterocycles. The van der Waals surface area contributed by atoms with Crippen LogP contribution >= 0.6 is 11.3 Å². The summed E-state index contributed by atoms with van der Waals surface area (Å²) in [7, 11) is 3.63. The molecule has 9 nitrogen and oxygen atoms in total. The van der Waals surface area contributed by atoms with E-state index in [1.165, 1.54) is 27.7 Å². The van der Waals surface area contributed by atoms with Crippen molar-refractivity contribution in [2.45, 2.75) is 84.7 Å². The number of fused-ring (bicyclic) bond motifs is 2. The van der Waals surface area contributed by atoms with E-state index < -0.39 is 12.6 Å². The Morgan fingerprint density at radius 2 is 1.74 bits per heavy atom. The third kappa shape index (κ3) is 8.43. The van der Waals surface area contributed by atoms with Crippen molar-refractivity contribution in [2.75, 3.05) is 65.2 Å². The van der Waals surface area contributed by atoms with Gasteiger partial charge in [0.1, 0.15) is 16.5 Å². The summed E-state index contributed by atoms with van der Waals surface area (Å²) in [5, 5.41) is 5.58. The van der Waals surface area contributed by atoms with Crippen molar-refractivity contribution in [3.63, 3.8) is 0 Å².